The third-order valence-electron chi connectivity index (χ3n) is 2.16. The summed E-state index contributed by atoms with van der Waals surface area (Å²) in [6, 6.07) is 5.23. The molecule has 0 saturated heterocycles. The van der Waals surface area contributed by atoms with Crippen LogP contribution in [0.2, 0.25) is 0 Å². The molecule has 0 atom stereocenters. The van der Waals surface area contributed by atoms with E-state index in [1.165, 1.54) is 36.7 Å². The van der Waals surface area contributed by atoms with Crippen LogP contribution in [0.5, 0.6) is 5.75 Å². The fourth-order valence-electron chi connectivity index (χ4n) is 1.34. The molecule has 1 heterocycles. The number of anilines is 1. The Hall–Kier alpha value is -1.95. The van der Waals surface area contributed by atoms with Gasteiger partial charge in [-0.3, -0.25) is 9.78 Å². The number of amides is 1. The van der Waals surface area contributed by atoms with Crippen LogP contribution in [0, 0.1) is 5.82 Å². The van der Waals surface area contributed by atoms with Crippen molar-refractivity contribution in [2.75, 3.05) is 5.32 Å². The second-order valence-corrected chi connectivity index (χ2v) is 4.36. The SMILES string of the molecule is O=C(Nc1cc(F)ccc1Br)c1cncc(O)c1. The highest BCUT2D eigenvalue weighted by atomic mass is 79.9. The maximum atomic E-state index is 13.0. The Morgan fingerprint density at radius 2 is 2.11 bits per heavy atom. The molecule has 4 nitrogen and oxygen atoms in total. The Kier molecular flexibility index (Phi) is 3.57. The summed E-state index contributed by atoms with van der Waals surface area (Å²) in [5.41, 5.74) is 0.495. The lowest BCUT2D eigenvalue weighted by atomic mass is 10.2. The van der Waals surface area contributed by atoms with Crippen LogP contribution in [-0.4, -0.2) is 16.0 Å². The van der Waals surface area contributed by atoms with Gasteiger partial charge < -0.3 is 10.4 Å². The molecule has 0 spiro atoms. The van der Waals surface area contributed by atoms with Crippen LogP contribution in [-0.2, 0) is 0 Å². The summed E-state index contributed by atoms with van der Waals surface area (Å²) in [5.74, 6) is -1.05. The van der Waals surface area contributed by atoms with Gasteiger partial charge >= 0.3 is 0 Å². The maximum absolute atomic E-state index is 13.0. The van der Waals surface area contributed by atoms with Gasteiger partial charge in [0.15, 0.2) is 0 Å². The molecule has 2 rings (SSSR count). The number of nitrogens with zero attached hydrogens (tertiary/aromatic N) is 1. The first-order valence-electron chi connectivity index (χ1n) is 4.96. The van der Waals surface area contributed by atoms with E-state index in [1.807, 2.05) is 0 Å². The Labute approximate surface area is 111 Å². The van der Waals surface area contributed by atoms with Crippen molar-refractivity contribution in [3.8, 4) is 5.75 Å². The topological polar surface area (TPSA) is 62.2 Å². The zero-order chi connectivity index (χ0) is 13.1. The van der Waals surface area contributed by atoms with Crippen LogP contribution >= 0.6 is 15.9 Å². The highest BCUT2D eigenvalue weighted by Crippen LogP contribution is 2.23. The Morgan fingerprint density at radius 3 is 2.83 bits per heavy atom. The molecule has 2 aromatic rings. The van der Waals surface area contributed by atoms with Crippen molar-refractivity contribution in [1.82, 2.24) is 4.98 Å². The highest BCUT2D eigenvalue weighted by Gasteiger charge is 2.10. The molecule has 0 bridgehead atoms. The first-order chi connectivity index (χ1) is 8.56. The molecule has 0 aliphatic rings. The summed E-state index contributed by atoms with van der Waals surface area (Å²) in [7, 11) is 0. The van der Waals surface area contributed by atoms with E-state index in [2.05, 4.69) is 26.2 Å². The van der Waals surface area contributed by atoms with Crippen LogP contribution in [0.15, 0.2) is 41.1 Å². The molecular formula is C12H8BrFN2O2. The summed E-state index contributed by atoms with van der Waals surface area (Å²) in [6.07, 6.45) is 2.52. The van der Waals surface area contributed by atoms with E-state index in [-0.39, 0.29) is 11.3 Å². The molecule has 6 heteroatoms. The van der Waals surface area contributed by atoms with Crippen molar-refractivity contribution in [2.45, 2.75) is 0 Å². The van der Waals surface area contributed by atoms with E-state index in [0.717, 1.165) is 0 Å². The van der Waals surface area contributed by atoms with Gasteiger partial charge in [0.05, 0.1) is 17.4 Å². The molecule has 92 valence electrons. The molecule has 1 amide bonds. The van der Waals surface area contributed by atoms with Crippen LogP contribution < -0.4 is 5.32 Å². The standard InChI is InChI=1S/C12H8BrFN2O2/c13-10-2-1-8(14)4-11(10)16-12(18)7-3-9(17)6-15-5-7/h1-6,17H,(H,16,18). The zero-order valence-corrected chi connectivity index (χ0v) is 10.6. The molecule has 2 N–H and O–H groups in total. The number of rotatable bonds is 2. The van der Waals surface area contributed by atoms with Crippen molar-refractivity contribution in [2.24, 2.45) is 0 Å². The lowest BCUT2D eigenvalue weighted by Crippen LogP contribution is -2.12. The normalized spacial score (nSPS) is 10.1. The molecule has 1 aromatic heterocycles. The number of pyridine rings is 1. The minimum atomic E-state index is -0.482. The predicted octanol–water partition coefficient (Wildman–Crippen LogP) is 2.94. The van der Waals surface area contributed by atoms with Gasteiger partial charge in [0, 0.05) is 10.7 Å². The van der Waals surface area contributed by atoms with Crippen molar-refractivity contribution in [3.63, 3.8) is 0 Å². The van der Waals surface area contributed by atoms with Gasteiger partial charge in [0.2, 0.25) is 0 Å². The van der Waals surface area contributed by atoms with E-state index in [9.17, 15) is 14.3 Å². The number of hydrogen-bond acceptors (Lipinski definition) is 3. The van der Waals surface area contributed by atoms with Gasteiger partial charge in [-0.2, -0.15) is 0 Å². The largest absolute Gasteiger partial charge is 0.506 e. The van der Waals surface area contributed by atoms with Crippen LogP contribution in [0.3, 0.4) is 0 Å². The highest BCUT2D eigenvalue weighted by molar-refractivity contribution is 9.10. The monoisotopic (exact) mass is 310 g/mol. The summed E-state index contributed by atoms with van der Waals surface area (Å²) in [6.45, 7) is 0. The van der Waals surface area contributed by atoms with Crippen molar-refractivity contribution in [1.29, 1.82) is 0 Å². The average molecular weight is 311 g/mol. The summed E-state index contributed by atoms with van der Waals surface area (Å²) in [5, 5.41) is 11.7. The Balaban J connectivity index is 2.24. The molecule has 0 radical (unpaired) electrons. The van der Waals surface area contributed by atoms with Gasteiger partial charge in [-0.25, -0.2) is 4.39 Å². The maximum Gasteiger partial charge on any atom is 0.257 e. The smallest absolute Gasteiger partial charge is 0.257 e. The summed E-state index contributed by atoms with van der Waals surface area (Å²) >= 11 is 3.20. The van der Waals surface area contributed by atoms with Gasteiger partial charge in [-0.15, -0.1) is 0 Å². The number of benzene rings is 1. The molecule has 0 aliphatic heterocycles. The number of hydrogen-bond donors (Lipinski definition) is 2. The van der Waals surface area contributed by atoms with Crippen LogP contribution in [0.25, 0.3) is 0 Å². The summed E-state index contributed by atoms with van der Waals surface area (Å²) < 4.78 is 13.6. The predicted molar refractivity (Wildman–Crippen MR) is 68.0 cm³/mol. The van der Waals surface area contributed by atoms with Gasteiger partial charge in [0.1, 0.15) is 11.6 Å². The molecule has 1 aromatic carbocycles. The minimum absolute atomic E-state index is 0.110. The third kappa shape index (κ3) is 2.84. The molecular weight excluding hydrogens is 303 g/mol. The molecule has 0 saturated carbocycles. The number of carbonyl (C=O) groups is 1. The Bertz CT molecular complexity index is 604. The van der Waals surface area contributed by atoms with Crippen molar-refractivity contribution >= 4 is 27.5 Å². The average Bonchev–Trinajstić information content (AvgIpc) is 2.34. The van der Waals surface area contributed by atoms with E-state index in [0.29, 0.717) is 10.2 Å². The number of aromatic nitrogens is 1. The van der Waals surface area contributed by atoms with Crippen LogP contribution in [0.1, 0.15) is 10.4 Å². The van der Waals surface area contributed by atoms with Crippen LogP contribution in [0.4, 0.5) is 10.1 Å². The second kappa shape index (κ2) is 5.14. The first-order valence-corrected chi connectivity index (χ1v) is 5.76. The van der Waals surface area contributed by atoms with E-state index < -0.39 is 11.7 Å². The number of nitrogens with one attached hydrogen (secondary N) is 1. The second-order valence-electron chi connectivity index (χ2n) is 3.51. The minimum Gasteiger partial charge on any atom is -0.506 e. The number of halogens is 2. The third-order valence-corrected chi connectivity index (χ3v) is 2.85. The lowest BCUT2D eigenvalue weighted by molar-refractivity contribution is 0.102. The first kappa shape index (κ1) is 12.5. The lowest BCUT2D eigenvalue weighted by Gasteiger charge is -2.07. The molecule has 18 heavy (non-hydrogen) atoms. The van der Waals surface area contributed by atoms with Gasteiger partial charge in [-0.05, 0) is 40.2 Å². The van der Waals surface area contributed by atoms with E-state index >= 15 is 0 Å². The molecule has 0 unspecified atom stereocenters. The Morgan fingerprint density at radius 1 is 1.33 bits per heavy atom. The quantitative estimate of drug-likeness (QED) is 0.896. The van der Waals surface area contributed by atoms with Gasteiger partial charge in [0.25, 0.3) is 5.91 Å². The van der Waals surface area contributed by atoms with Gasteiger partial charge in [-0.1, -0.05) is 0 Å². The zero-order valence-electron chi connectivity index (χ0n) is 9.02. The number of carbonyl (C=O) groups excluding carboxylic acids is 1. The van der Waals surface area contributed by atoms with Crippen molar-refractivity contribution < 1.29 is 14.3 Å². The van der Waals surface area contributed by atoms with Crippen molar-refractivity contribution in [3.05, 3.63) is 52.5 Å². The van der Waals surface area contributed by atoms with E-state index in [1.54, 1.807) is 0 Å². The molecule has 0 fully saturated rings. The summed E-state index contributed by atoms with van der Waals surface area (Å²) in [4.78, 5) is 15.5. The molecule has 0 aliphatic carbocycles. The fourth-order valence-corrected chi connectivity index (χ4v) is 1.69. The van der Waals surface area contributed by atoms with E-state index in [4.69, 9.17) is 0 Å². The fraction of sp³-hybridized carbons (Fsp3) is 0. The number of aromatic hydroxyl groups is 1.